The maximum Gasteiger partial charge on any atom is 0.161 e. The number of rotatable bonds is 5. The summed E-state index contributed by atoms with van der Waals surface area (Å²) in [5, 5.41) is 3.36. The van der Waals surface area contributed by atoms with Crippen LogP contribution >= 0.6 is 11.3 Å². The SMILES string of the molecule is COc1ccccc1OCc1csc2c(CN)cccc12. The lowest BCUT2D eigenvalue weighted by Gasteiger charge is -2.10. The summed E-state index contributed by atoms with van der Waals surface area (Å²) in [4.78, 5) is 0. The van der Waals surface area contributed by atoms with Crippen molar-refractivity contribution in [1.29, 1.82) is 0 Å². The largest absolute Gasteiger partial charge is 0.493 e. The first-order valence-electron chi connectivity index (χ1n) is 6.77. The normalized spacial score (nSPS) is 10.8. The first kappa shape index (κ1) is 13.9. The Bertz CT molecular complexity index is 751. The van der Waals surface area contributed by atoms with Crippen molar-refractivity contribution in [1.82, 2.24) is 0 Å². The smallest absolute Gasteiger partial charge is 0.161 e. The summed E-state index contributed by atoms with van der Waals surface area (Å²) in [5.41, 5.74) is 8.15. The van der Waals surface area contributed by atoms with Crippen molar-refractivity contribution >= 4 is 21.4 Å². The van der Waals surface area contributed by atoms with Gasteiger partial charge in [0.15, 0.2) is 11.5 Å². The average Bonchev–Trinajstić information content (AvgIpc) is 2.96. The van der Waals surface area contributed by atoms with E-state index in [1.54, 1.807) is 18.4 Å². The molecule has 108 valence electrons. The van der Waals surface area contributed by atoms with Gasteiger partial charge in [-0.05, 0) is 28.5 Å². The van der Waals surface area contributed by atoms with Crippen LogP contribution in [0.25, 0.3) is 10.1 Å². The zero-order valence-electron chi connectivity index (χ0n) is 11.8. The maximum absolute atomic E-state index is 5.90. The number of methoxy groups -OCH3 is 1. The molecular formula is C17H17NO2S. The van der Waals surface area contributed by atoms with Crippen molar-refractivity contribution in [2.24, 2.45) is 5.73 Å². The van der Waals surface area contributed by atoms with E-state index in [4.69, 9.17) is 15.2 Å². The minimum atomic E-state index is 0.522. The van der Waals surface area contributed by atoms with E-state index in [0.717, 1.165) is 11.5 Å². The molecule has 4 heteroatoms. The van der Waals surface area contributed by atoms with Gasteiger partial charge in [0.2, 0.25) is 0 Å². The first-order valence-corrected chi connectivity index (χ1v) is 7.65. The Labute approximate surface area is 127 Å². The first-order chi connectivity index (χ1) is 10.3. The fraction of sp³-hybridized carbons (Fsp3) is 0.176. The lowest BCUT2D eigenvalue weighted by atomic mass is 10.1. The lowest BCUT2D eigenvalue weighted by Crippen LogP contribution is -1.98. The van der Waals surface area contributed by atoms with E-state index in [-0.39, 0.29) is 0 Å². The Balaban J connectivity index is 1.86. The van der Waals surface area contributed by atoms with Crippen molar-refractivity contribution in [3.8, 4) is 11.5 Å². The summed E-state index contributed by atoms with van der Waals surface area (Å²) in [5.74, 6) is 1.51. The standard InChI is InChI=1S/C17H17NO2S/c1-19-15-7-2-3-8-16(15)20-10-13-11-21-17-12(9-18)5-4-6-14(13)17/h2-8,11H,9-10,18H2,1H3. The van der Waals surface area contributed by atoms with Crippen molar-refractivity contribution in [2.75, 3.05) is 7.11 Å². The number of para-hydroxylation sites is 2. The minimum Gasteiger partial charge on any atom is -0.493 e. The van der Waals surface area contributed by atoms with E-state index in [1.807, 2.05) is 30.3 Å². The van der Waals surface area contributed by atoms with Crippen LogP contribution in [0.5, 0.6) is 11.5 Å². The topological polar surface area (TPSA) is 44.5 Å². The zero-order chi connectivity index (χ0) is 14.7. The molecule has 3 aromatic rings. The molecule has 0 spiro atoms. The van der Waals surface area contributed by atoms with Crippen LogP contribution in [0.3, 0.4) is 0 Å². The van der Waals surface area contributed by atoms with Crippen LogP contribution in [-0.4, -0.2) is 7.11 Å². The molecule has 0 bridgehead atoms. The Kier molecular flexibility index (Phi) is 4.08. The van der Waals surface area contributed by atoms with E-state index in [9.17, 15) is 0 Å². The monoisotopic (exact) mass is 299 g/mol. The van der Waals surface area contributed by atoms with Crippen LogP contribution in [-0.2, 0) is 13.2 Å². The van der Waals surface area contributed by atoms with Crippen molar-refractivity contribution in [3.63, 3.8) is 0 Å². The second-order valence-electron chi connectivity index (χ2n) is 4.70. The number of hydrogen-bond donors (Lipinski definition) is 1. The number of nitrogens with two attached hydrogens (primary N) is 1. The minimum absolute atomic E-state index is 0.522. The molecule has 0 saturated heterocycles. The molecule has 0 atom stereocenters. The van der Waals surface area contributed by atoms with Crippen LogP contribution in [0, 0.1) is 0 Å². The van der Waals surface area contributed by atoms with Crippen LogP contribution in [0.15, 0.2) is 47.8 Å². The number of fused-ring (bicyclic) bond motifs is 1. The Morgan fingerprint density at radius 3 is 2.57 bits per heavy atom. The van der Waals surface area contributed by atoms with Gasteiger partial charge in [-0.3, -0.25) is 0 Å². The fourth-order valence-corrected chi connectivity index (χ4v) is 3.42. The molecule has 0 radical (unpaired) electrons. The molecule has 1 aromatic heterocycles. The van der Waals surface area contributed by atoms with Gasteiger partial charge in [0.25, 0.3) is 0 Å². The summed E-state index contributed by atoms with van der Waals surface area (Å²) < 4.78 is 12.5. The average molecular weight is 299 g/mol. The third-order valence-corrected chi connectivity index (χ3v) is 4.55. The Morgan fingerprint density at radius 2 is 1.81 bits per heavy atom. The molecule has 0 saturated carbocycles. The summed E-state index contributed by atoms with van der Waals surface area (Å²) in [6.45, 7) is 1.08. The van der Waals surface area contributed by atoms with E-state index in [1.165, 1.54) is 21.2 Å². The van der Waals surface area contributed by atoms with Crippen molar-refractivity contribution < 1.29 is 9.47 Å². The number of thiophene rings is 1. The Hall–Kier alpha value is -2.04. The number of ether oxygens (including phenoxy) is 2. The van der Waals surface area contributed by atoms with E-state index in [0.29, 0.717) is 13.2 Å². The highest BCUT2D eigenvalue weighted by molar-refractivity contribution is 7.17. The predicted molar refractivity (Wildman–Crippen MR) is 87.0 cm³/mol. The van der Waals surface area contributed by atoms with Gasteiger partial charge in [-0.1, -0.05) is 30.3 Å². The van der Waals surface area contributed by atoms with Crippen LogP contribution in [0.1, 0.15) is 11.1 Å². The molecule has 2 N–H and O–H groups in total. The second kappa shape index (κ2) is 6.16. The molecule has 3 nitrogen and oxygen atoms in total. The van der Waals surface area contributed by atoms with Crippen LogP contribution < -0.4 is 15.2 Å². The molecule has 0 unspecified atom stereocenters. The molecule has 0 fully saturated rings. The van der Waals surface area contributed by atoms with Gasteiger partial charge in [-0.15, -0.1) is 11.3 Å². The molecule has 3 rings (SSSR count). The molecule has 0 aliphatic carbocycles. The summed E-state index contributed by atoms with van der Waals surface area (Å²) in [6.07, 6.45) is 0. The quantitative estimate of drug-likeness (QED) is 0.776. The molecular weight excluding hydrogens is 282 g/mol. The summed E-state index contributed by atoms with van der Waals surface area (Å²) in [6, 6.07) is 13.9. The van der Waals surface area contributed by atoms with Crippen LogP contribution in [0.2, 0.25) is 0 Å². The van der Waals surface area contributed by atoms with Crippen molar-refractivity contribution in [3.05, 3.63) is 59.0 Å². The summed E-state index contributed by atoms with van der Waals surface area (Å²) in [7, 11) is 1.65. The fourth-order valence-electron chi connectivity index (χ4n) is 2.34. The third kappa shape index (κ3) is 2.73. The van der Waals surface area contributed by atoms with Crippen molar-refractivity contribution in [2.45, 2.75) is 13.2 Å². The number of benzene rings is 2. The molecule has 21 heavy (non-hydrogen) atoms. The molecule has 0 aliphatic rings. The molecule has 2 aromatic carbocycles. The van der Waals surface area contributed by atoms with Crippen LogP contribution in [0.4, 0.5) is 0 Å². The van der Waals surface area contributed by atoms with E-state index < -0.39 is 0 Å². The van der Waals surface area contributed by atoms with E-state index >= 15 is 0 Å². The van der Waals surface area contributed by atoms with Gasteiger partial charge in [0.1, 0.15) is 6.61 Å². The van der Waals surface area contributed by atoms with Gasteiger partial charge in [-0.25, -0.2) is 0 Å². The maximum atomic E-state index is 5.90. The Morgan fingerprint density at radius 1 is 1.00 bits per heavy atom. The van der Waals surface area contributed by atoms with E-state index in [2.05, 4.69) is 17.5 Å². The van der Waals surface area contributed by atoms with Gasteiger partial charge in [0, 0.05) is 16.8 Å². The highest BCUT2D eigenvalue weighted by Gasteiger charge is 2.09. The molecule has 0 aliphatic heterocycles. The highest BCUT2D eigenvalue weighted by Crippen LogP contribution is 2.31. The summed E-state index contributed by atoms with van der Waals surface area (Å²) >= 11 is 1.72. The van der Waals surface area contributed by atoms with Gasteiger partial charge < -0.3 is 15.2 Å². The second-order valence-corrected chi connectivity index (χ2v) is 5.58. The lowest BCUT2D eigenvalue weighted by molar-refractivity contribution is 0.286. The molecule has 1 heterocycles. The van der Waals surface area contributed by atoms with Gasteiger partial charge in [-0.2, -0.15) is 0 Å². The predicted octanol–water partition coefficient (Wildman–Crippen LogP) is 3.95. The molecule has 0 amide bonds. The van der Waals surface area contributed by atoms with Gasteiger partial charge in [0.05, 0.1) is 7.11 Å². The highest BCUT2D eigenvalue weighted by atomic mass is 32.1. The zero-order valence-corrected chi connectivity index (χ0v) is 12.7. The third-order valence-electron chi connectivity index (χ3n) is 3.43. The van der Waals surface area contributed by atoms with Gasteiger partial charge >= 0.3 is 0 Å². The number of hydrogen-bond acceptors (Lipinski definition) is 4.